The molecule has 0 bridgehead atoms. The van der Waals surface area contributed by atoms with Crippen molar-refractivity contribution in [2.45, 2.75) is 32.2 Å². The Bertz CT molecular complexity index is 429. The maximum absolute atomic E-state index is 11.7. The van der Waals surface area contributed by atoms with Gasteiger partial charge < -0.3 is 11.1 Å². The van der Waals surface area contributed by atoms with Gasteiger partial charge >= 0.3 is 0 Å². The van der Waals surface area contributed by atoms with E-state index in [0.29, 0.717) is 23.0 Å². The Kier molecular flexibility index (Phi) is 3.69. The van der Waals surface area contributed by atoms with Gasteiger partial charge in [0.2, 0.25) is 5.91 Å². The first-order chi connectivity index (χ1) is 8.06. The SMILES string of the molecule is Cc1ccc(NC(=O)CC(N)C2CC2)c(Cl)c1. The number of carbonyl (C=O) groups excluding carboxylic acids is 1. The summed E-state index contributed by atoms with van der Waals surface area (Å²) in [6.45, 7) is 1.96. The van der Waals surface area contributed by atoms with E-state index in [1.165, 1.54) is 0 Å². The Labute approximate surface area is 106 Å². The highest BCUT2D eigenvalue weighted by Crippen LogP contribution is 2.33. The Balaban J connectivity index is 1.92. The third-order valence-corrected chi connectivity index (χ3v) is 3.36. The zero-order valence-electron chi connectivity index (χ0n) is 9.87. The molecule has 1 fully saturated rings. The van der Waals surface area contributed by atoms with Crippen LogP contribution < -0.4 is 11.1 Å². The molecule has 1 aliphatic rings. The molecule has 1 aliphatic carbocycles. The fourth-order valence-corrected chi connectivity index (χ4v) is 2.11. The highest BCUT2D eigenvalue weighted by molar-refractivity contribution is 6.33. The molecule has 0 aromatic heterocycles. The van der Waals surface area contributed by atoms with Crippen LogP contribution in [0.5, 0.6) is 0 Å². The molecule has 0 spiro atoms. The van der Waals surface area contributed by atoms with Gasteiger partial charge in [-0.1, -0.05) is 17.7 Å². The van der Waals surface area contributed by atoms with Crippen molar-refractivity contribution >= 4 is 23.2 Å². The number of halogens is 1. The minimum atomic E-state index is -0.0600. The van der Waals surface area contributed by atoms with Crippen LogP contribution in [0.3, 0.4) is 0 Å². The quantitative estimate of drug-likeness (QED) is 0.866. The fourth-order valence-electron chi connectivity index (χ4n) is 1.83. The van der Waals surface area contributed by atoms with E-state index in [0.717, 1.165) is 18.4 Å². The number of amides is 1. The number of nitrogens with one attached hydrogen (secondary N) is 1. The third kappa shape index (κ3) is 3.45. The number of anilines is 1. The van der Waals surface area contributed by atoms with E-state index in [9.17, 15) is 4.79 Å². The van der Waals surface area contributed by atoms with Gasteiger partial charge in [-0.2, -0.15) is 0 Å². The van der Waals surface area contributed by atoms with Crippen LogP contribution >= 0.6 is 11.6 Å². The van der Waals surface area contributed by atoms with E-state index in [1.54, 1.807) is 0 Å². The standard InChI is InChI=1S/C13H17ClN2O/c1-8-2-5-12(10(14)6-8)16-13(17)7-11(15)9-3-4-9/h2,5-6,9,11H,3-4,7,15H2,1H3,(H,16,17). The van der Waals surface area contributed by atoms with Crippen LogP contribution in [-0.4, -0.2) is 11.9 Å². The van der Waals surface area contributed by atoms with Gasteiger partial charge in [-0.25, -0.2) is 0 Å². The summed E-state index contributed by atoms with van der Waals surface area (Å²) in [5, 5.41) is 3.37. The molecule has 2 rings (SSSR count). The first-order valence-corrected chi connectivity index (χ1v) is 6.25. The van der Waals surface area contributed by atoms with Crippen molar-refractivity contribution in [1.29, 1.82) is 0 Å². The minimum absolute atomic E-state index is 0.0146. The molecule has 3 nitrogen and oxygen atoms in total. The molecule has 0 saturated heterocycles. The monoisotopic (exact) mass is 252 g/mol. The van der Waals surface area contributed by atoms with Crippen LogP contribution in [0.15, 0.2) is 18.2 Å². The second kappa shape index (κ2) is 5.07. The van der Waals surface area contributed by atoms with E-state index in [-0.39, 0.29) is 11.9 Å². The van der Waals surface area contributed by atoms with Crippen molar-refractivity contribution in [3.63, 3.8) is 0 Å². The molecule has 0 aliphatic heterocycles. The van der Waals surface area contributed by atoms with Gasteiger partial charge in [0.25, 0.3) is 0 Å². The molecular weight excluding hydrogens is 236 g/mol. The molecule has 1 saturated carbocycles. The fraction of sp³-hybridized carbons (Fsp3) is 0.462. The number of hydrogen-bond acceptors (Lipinski definition) is 2. The largest absolute Gasteiger partial charge is 0.327 e. The third-order valence-electron chi connectivity index (χ3n) is 3.05. The molecule has 92 valence electrons. The molecule has 3 N–H and O–H groups in total. The Morgan fingerprint density at radius 2 is 2.29 bits per heavy atom. The van der Waals surface area contributed by atoms with Gasteiger partial charge in [0.15, 0.2) is 0 Å². The van der Waals surface area contributed by atoms with Gasteiger partial charge in [-0.05, 0) is 43.4 Å². The zero-order chi connectivity index (χ0) is 12.4. The zero-order valence-corrected chi connectivity index (χ0v) is 10.6. The number of rotatable bonds is 4. The van der Waals surface area contributed by atoms with E-state index >= 15 is 0 Å². The number of aryl methyl sites for hydroxylation is 1. The number of carbonyl (C=O) groups is 1. The Hall–Kier alpha value is -1.06. The summed E-state index contributed by atoms with van der Waals surface area (Å²) < 4.78 is 0. The van der Waals surface area contributed by atoms with Crippen LogP contribution in [0.25, 0.3) is 0 Å². The predicted octanol–water partition coefficient (Wildman–Crippen LogP) is 2.71. The van der Waals surface area contributed by atoms with Gasteiger partial charge in [0, 0.05) is 12.5 Å². The van der Waals surface area contributed by atoms with Gasteiger partial charge in [0.05, 0.1) is 10.7 Å². The average Bonchev–Trinajstić information content (AvgIpc) is 3.05. The van der Waals surface area contributed by atoms with Crippen molar-refractivity contribution in [2.24, 2.45) is 11.7 Å². The number of hydrogen-bond donors (Lipinski definition) is 2. The van der Waals surface area contributed by atoms with E-state index in [1.807, 2.05) is 25.1 Å². The summed E-state index contributed by atoms with van der Waals surface area (Å²) in [4.78, 5) is 11.7. The normalized spacial score (nSPS) is 16.6. The van der Waals surface area contributed by atoms with E-state index < -0.39 is 0 Å². The lowest BCUT2D eigenvalue weighted by molar-refractivity contribution is -0.116. The lowest BCUT2D eigenvalue weighted by atomic mass is 10.1. The van der Waals surface area contributed by atoms with Crippen molar-refractivity contribution in [3.05, 3.63) is 28.8 Å². The lowest BCUT2D eigenvalue weighted by Crippen LogP contribution is -2.28. The smallest absolute Gasteiger partial charge is 0.225 e. The van der Waals surface area contributed by atoms with Gasteiger partial charge in [0.1, 0.15) is 0 Å². The van der Waals surface area contributed by atoms with Crippen LogP contribution in [-0.2, 0) is 4.79 Å². The highest BCUT2D eigenvalue weighted by atomic mass is 35.5. The maximum Gasteiger partial charge on any atom is 0.225 e. The second-order valence-electron chi connectivity index (χ2n) is 4.74. The average molecular weight is 253 g/mol. The van der Waals surface area contributed by atoms with Crippen molar-refractivity contribution in [3.8, 4) is 0 Å². The predicted molar refractivity (Wildman–Crippen MR) is 70.1 cm³/mol. The van der Waals surface area contributed by atoms with Crippen LogP contribution in [0.1, 0.15) is 24.8 Å². The Morgan fingerprint density at radius 3 is 2.88 bits per heavy atom. The molecule has 1 aromatic rings. The molecular formula is C13H17ClN2O. The van der Waals surface area contributed by atoms with E-state index in [2.05, 4.69) is 5.32 Å². The van der Waals surface area contributed by atoms with E-state index in [4.69, 9.17) is 17.3 Å². The first kappa shape index (κ1) is 12.4. The molecule has 0 radical (unpaired) electrons. The minimum Gasteiger partial charge on any atom is -0.327 e. The van der Waals surface area contributed by atoms with Gasteiger partial charge in [-0.3, -0.25) is 4.79 Å². The summed E-state index contributed by atoms with van der Waals surface area (Å²) in [5.74, 6) is 0.476. The highest BCUT2D eigenvalue weighted by Gasteiger charge is 2.29. The molecule has 1 atom stereocenters. The molecule has 4 heteroatoms. The van der Waals surface area contributed by atoms with Crippen molar-refractivity contribution in [2.75, 3.05) is 5.32 Å². The van der Waals surface area contributed by atoms with Crippen LogP contribution in [0.4, 0.5) is 5.69 Å². The lowest BCUT2D eigenvalue weighted by Gasteiger charge is -2.11. The Morgan fingerprint density at radius 1 is 1.59 bits per heavy atom. The molecule has 1 unspecified atom stereocenters. The molecule has 1 amide bonds. The van der Waals surface area contributed by atoms with Crippen LogP contribution in [0, 0.1) is 12.8 Å². The number of nitrogens with two attached hydrogens (primary N) is 1. The topological polar surface area (TPSA) is 55.1 Å². The molecule has 1 aromatic carbocycles. The molecule has 17 heavy (non-hydrogen) atoms. The van der Waals surface area contributed by atoms with Crippen molar-refractivity contribution in [1.82, 2.24) is 0 Å². The molecule has 0 heterocycles. The summed E-state index contributed by atoms with van der Waals surface area (Å²) in [7, 11) is 0. The summed E-state index contributed by atoms with van der Waals surface area (Å²) in [5.41, 5.74) is 7.63. The first-order valence-electron chi connectivity index (χ1n) is 5.88. The maximum atomic E-state index is 11.7. The van der Waals surface area contributed by atoms with Crippen molar-refractivity contribution < 1.29 is 4.79 Å². The summed E-state index contributed by atoms with van der Waals surface area (Å²) in [6.07, 6.45) is 2.67. The van der Waals surface area contributed by atoms with Crippen LogP contribution in [0.2, 0.25) is 5.02 Å². The second-order valence-corrected chi connectivity index (χ2v) is 5.14. The summed E-state index contributed by atoms with van der Waals surface area (Å²) >= 11 is 6.04. The summed E-state index contributed by atoms with van der Waals surface area (Å²) in [6, 6.07) is 5.55. The van der Waals surface area contributed by atoms with Gasteiger partial charge in [-0.15, -0.1) is 0 Å². The number of benzene rings is 1.